The van der Waals surface area contributed by atoms with E-state index in [1.165, 1.54) is 0 Å². The summed E-state index contributed by atoms with van der Waals surface area (Å²) in [7, 11) is 1.69. The third-order valence-electron chi connectivity index (χ3n) is 1.53. The Labute approximate surface area is 78.3 Å². The van der Waals surface area contributed by atoms with Crippen LogP contribution in [-0.4, -0.2) is 20.3 Å². The van der Waals surface area contributed by atoms with Gasteiger partial charge < -0.3 is 10.1 Å². The molecule has 0 aliphatic rings. The minimum absolute atomic E-state index is 0.710. The van der Waals surface area contributed by atoms with E-state index in [0.717, 1.165) is 17.1 Å². The number of anilines is 1. The molecule has 0 aromatic heterocycles. The highest BCUT2D eigenvalue weighted by atomic mass is 32.1. The van der Waals surface area contributed by atoms with Gasteiger partial charge in [0.25, 0.3) is 0 Å². The van der Waals surface area contributed by atoms with Crippen molar-refractivity contribution in [2.75, 3.05) is 25.6 Å². The van der Waals surface area contributed by atoms with Gasteiger partial charge in [-0.2, -0.15) is 0 Å². The van der Waals surface area contributed by atoms with Gasteiger partial charge in [-0.25, -0.2) is 0 Å². The molecule has 0 aliphatic heterocycles. The second-order valence-electron chi connectivity index (χ2n) is 2.44. The van der Waals surface area contributed by atoms with E-state index in [9.17, 15) is 0 Å². The Balaban J connectivity index is 2.46. The molecule has 0 atom stereocenters. The molecule has 0 heterocycles. The molecule has 66 valence electrons. The van der Waals surface area contributed by atoms with Crippen molar-refractivity contribution in [2.45, 2.75) is 4.90 Å². The number of nitrogens with one attached hydrogen (secondary N) is 1. The normalized spacial score (nSPS) is 9.83. The van der Waals surface area contributed by atoms with E-state index in [4.69, 9.17) is 4.74 Å². The summed E-state index contributed by atoms with van der Waals surface area (Å²) in [6.07, 6.45) is 0. The fourth-order valence-electron chi connectivity index (χ4n) is 0.911. The molecule has 1 aromatic rings. The Morgan fingerprint density at radius 1 is 1.42 bits per heavy atom. The lowest BCUT2D eigenvalue weighted by Crippen LogP contribution is -2.07. The quantitative estimate of drug-likeness (QED) is 0.550. The lowest BCUT2D eigenvalue weighted by molar-refractivity contribution is 0.210. The number of rotatable bonds is 4. The molecule has 0 aliphatic carbocycles. The average molecular weight is 183 g/mol. The van der Waals surface area contributed by atoms with Gasteiger partial charge in [-0.15, -0.1) is 12.6 Å². The molecule has 0 spiro atoms. The highest BCUT2D eigenvalue weighted by Gasteiger charge is 1.94. The largest absolute Gasteiger partial charge is 0.383 e. The fourth-order valence-corrected chi connectivity index (χ4v) is 1.15. The van der Waals surface area contributed by atoms with Crippen molar-refractivity contribution in [1.82, 2.24) is 0 Å². The van der Waals surface area contributed by atoms with Gasteiger partial charge in [0, 0.05) is 24.2 Å². The zero-order valence-corrected chi connectivity index (χ0v) is 7.97. The van der Waals surface area contributed by atoms with E-state index in [2.05, 4.69) is 17.9 Å². The van der Waals surface area contributed by atoms with Gasteiger partial charge in [0.05, 0.1) is 6.61 Å². The van der Waals surface area contributed by atoms with Gasteiger partial charge >= 0.3 is 0 Å². The van der Waals surface area contributed by atoms with Gasteiger partial charge in [0.2, 0.25) is 0 Å². The van der Waals surface area contributed by atoms with E-state index in [-0.39, 0.29) is 0 Å². The van der Waals surface area contributed by atoms with Gasteiger partial charge in [-0.3, -0.25) is 0 Å². The van der Waals surface area contributed by atoms with Crippen LogP contribution in [0, 0.1) is 0 Å². The lowest BCUT2D eigenvalue weighted by Gasteiger charge is -2.07. The summed E-state index contributed by atoms with van der Waals surface area (Å²) < 4.78 is 4.92. The number of methoxy groups -OCH3 is 1. The lowest BCUT2D eigenvalue weighted by atomic mass is 10.3. The number of hydrogen-bond acceptors (Lipinski definition) is 3. The van der Waals surface area contributed by atoms with Crippen LogP contribution in [-0.2, 0) is 4.74 Å². The van der Waals surface area contributed by atoms with Gasteiger partial charge in [0.1, 0.15) is 0 Å². The van der Waals surface area contributed by atoms with E-state index >= 15 is 0 Å². The van der Waals surface area contributed by atoms with Crippen LogP contribution in [0.4, 0.5) is 5.69 Å². The van der Waals surface area contributed by atoms with Crippen LogP contribution in [0.2, 0.25) is 0 Å². The fraction of sp³-hybridized carbons (Fsp3) is 0.333. The molecule has 0 saturated heterocycles. The monoisotopic (exact) mass is 183 g/mol. The minimum Gasteiger partial charge on any atom is -0.383 e. The van der Waals surface area contributed by atoms with E-state index in [1.54, 1.807) is 7.11 Å². The first-order chi connectivity index (χ1) is 5.84. The molecular formula is C9H13NOS. The summed E-state index contributed by atoms with van der Waals surface area (Å²) in [6, 6.07) is 7.90. The standard InChI is InChI=1S/C9H13NOS/c1-11-7-6-10-8-4-2-3-5-9(8)12/h2-5,10,12H,6-7H2,1H3. The first-order valence-electron chi connectivity index (χ1n) is 3.85. The van der Waals surface area contributed by atoms with Crippen LogP contribution in [0.15, 0.2) is 29.2 Å². The molecule has 1 N–H and O–H groups in total. The Hall–Kier alpha value is -0.670. The summed E-state index contributed by atoms with van der Waals surface area (Å²) in [6.45, 7) is 1.52. The van der Waals surface area contributed by atoms with Crippen LogP contribution in [0.5, 0.6) is 0 Å². The van der Waals surface area contributed by atoms with Crippen LogP contribution in [0.3, 0.4) is 0 Å². The molecule has 0 unspecified atom stereocenters. The summed E-state index contributed by atoms with van der Waals surface area (Å²) >= 11 is 4.30. The smallest absolute Gasteiger partial charge is 0.0635 e. The first-order valence-corrected chi connectivity index (χ1v) is 4.30. The number of hydrogen-bond donors (Lipinski definition) is 2. The zero-order valence-electron chi connectivity index (χ0n) is 7.08. The van der Waals surface area contributed by atoms with Gasteiger partial charge in [0.15, 0.2) is 0 Å². The van der Waals surface area contributed by atoms with Gasteiger partial charge in [-0.1, -0.05) is 12.1 Å². The maximum Gasteiger partial charge on any atom is 0.0635 e. The molecule has 1 rings (SSSR count). The zero-order chi connectivity index (χ0) is 8.81. The van der Waals surface area contributed by atoms with Crippen LogP contribution in [0.1, 0.15) is 0 Å². The van der Waals surface area contributed by atoms with Crippen molar-refractivity contribution in [3.8, 4) is 0 Å². The van der Waals surface area contributed by atoms with Crippen molar-refractivity contribution in [2.24, 2.45) is 0 Å². The van der Waals surface area contributed by atoms with Crippen LogP contribution in [0.25, 0.3) is 0 Å². The topological polar surface area (TPSA) is 21.3 Å². The molecule has 2 nitrogen and oxygen atoms in total. The molecule has 1 aromatic carbocycles. The molecule has 3 heteroatoms. The highest BCUT2D eigenvalue weighted by Crippen LogP contribution is 2.17. The van der Waals surface area contributed by atoms with E-state index < -0.39 is 0 Å². The maximum absolute atomic E-state index is 4.92. The SMILES string of the molecule is COCCNc1ccccc1S. The summed E-state index contributed by atoms with van der Waals surface area (Å²) in [4.78, 5) is 0.966. The average Bonchev–Trinajstić information content (AvgIpc) is 2.09. The molecular weight excluding hydrogens is 170 g/mol. The minimum atomic E-state index is 0.710. The molecule has 0 fully saturated rings. The van der Waals surface area contributed by atoms with Crippen molar-refractivity contribution in [3.05, 3.63) is 24.3 Å². The second kappa shape index (κ2) is 5.06. The molecule has 12 heavy (non-hydrogen) atoms. The summed E-state index contributed by atoms with van der Waals surface area (Å²) in [5, 5.41) is 3.21. The number of ether oxygens (including phenoxy) is 1. The predicted octanol–water partition coefficient (Wildman–Crippen LogP) is 2.03. The first kappa shape index (κ1) is 9.42. The van der Waals surface area contributed by atoms with E-state index in [0.29, 0.717) is 6.61 Å². The predicted molar refractivity (Wildman–Crippen MR) is 54.1 cm³/mol. The highest BCUT2D eigenvalue weighted by molar-refractivity contribution is 7.80. The summed E-state index contributed by atoms with van der Waals surface area (Å²) in [5.41, 5.74) is 1.05. The van der Waals surface area contributed by atoms with Crippen LogP contribution >= 0.6 is 12.6 Å². The number of benzene rings is 1. The Kier molecular flexibility index (Phi) is 3.97. The third kappa shape index (κ3) is 2.75. The third-order valence-corrected chi connectivity index (χ3v) is 1.92. The van der Waals surface area contributed by atoms with Crippen LogP contribution < -0.4 is 5.32 Å². The Bertz CT molecular complexity index is 240. The van der Waals surface area contributed by atoms with Crippen molar-refractivity contribution >= 4 is 18.3 Å². The Morgan fingerprint density at radius 3 is 2.83 bits per heavy atom. The molecule has 0 saturated carbocycles. The summed E-state index contributed by atoms with van der Waals surface area (Å²) in [5.74, 6) is 0. The van der Waals surface area contributed by atoms with E-state index in [1.807, 2.05) is 24.3 Å². The second-order valence-corrected chi connectivity index (χ2v) is 2.92. The van der Waals surface area contributed by atoms with Crippen molar-refractivity contribution in [3.63, 3.8) is 0 Å². The Morgan fingerprint density at radius 2 is 2.17 bits per heavy atom. The van der Waals surface area contributed by atoms with Gasteiger partial charge in [-0.05, 0) is 12.1 Å². The van der Waals surface area contributed by atoms with Crippen molar-refractivity contribution < 1.29 is 4.74 Å². The molecule has 0 bridgehead atoms. The van der Waals surface area contributed by atoms with Crippen molar-refractivity contribution in [1.29, 1.82) is 0 Å². The number of para-hydroxylation sites is 1. The molecule has 0 radical (unpaired) electrons. The molecule has 0 amide bonds. The maximum atomic E-state index is 4.92. The number of thiol groups is 1.